The van der Waals surface area contributed by atoms with Crippen LogP contribution < -0.4 is 4.89 Å². The molecule has 0 saturated heterocycles. The van der Waals surface area contributed by atoms with Crippen LogP contribution in [0.25, 0.3) is 0 Å². The van der Waals surface area contributed by atoms with Crippen molar-refractivity contribution in [2.45, 2.75) is 0 Å². The van der Waals surface area contributed by atoms with Crippen LogP contribution in [-0.2, 0) is 19.6 Å². The predicted octanol–water partition coefficient (Wildman–Crippen LogP) is -0.330. The summed E-state index contributed by atoms with van der Waals surface area (Å²) in [6.07, 6.45) is 1.28. The number of ether oxygens (including phenoxy) is 1. The quantitative estimate of drug-likeness (QED) is 0.343. The Morgan fingerprint density at radius 1 is 1.50 bits per heavy atom. The van der Waals surface area contributed by atoms with Crippen LogP contribution in [0.3, 0.4) is 0 Å². The van der Waals surface area contributed by atoms with Crippen molar-refractivity contribution in [1.29, 1.82) is 0 Å². The third-order valence-electron chi connectivity index (χ3n) is 0.913. The van der Waals surface area contributed by atoms with Crippen LogP contribution in [0.15, 0.2) is 12.7 Å². The third-order valence-corrected chi connectivity index (χ3v) is 1.96. The zero-order chi connectivity index (χ0) is 9.45. The van der Waals surface area contributed by atoms with Crippen molar-refractivity contribution in [3.63, 3.8) is 0 Å². The second kappa shape index (κ2) is 6.13. The van der Waals surface area contributed by atoms with Gasteiger partial charge in [0.1, 0.15) is 0 Å². The highest BCUT2D eigenvalue weighted by atomic mass is 32.2. The molecular formula is C6H13NO4S. The number of sulfonamides is 1. The van der Waals surface area contributed by atoms with Gasteiger partial charge in [0.05, 0.1) is 19.0 Å². The van der Waals surface area contributed by atoms with Crippen molar-refractivity contribution in [2.75, 3.05) is 26.1 Å². The van der Waals surface area contributed by atoms with Crippen LogP contribution in [0.2, 0.25) is 0 Å². The van der Waals surface area contributed by atoms with Gasteiger partial charge in [-0.1, -0.05) is 11.0 Å². The molecule has 0 amide bonds. The van der Waals surface area contributed by atoms with Crippen LogP contribution in [-0.4, -0.2) is 34.5 Å². The Hall–Kier alpha value is -0.430. The number of hydrogen-bond acceptors (Lipinski definition) is 4. The third kappa shape index (κ3) is 6.29. The van der Waals surface area contributed by atoms with Gasteiger partial charge in [-0.2, -0.15) is 0 Å². The Morgan fingerprint density at radius 3 is 2.67 bits per heavy atom. The smallest absolute Gasteiger partial charge is 0.237 e. The topological polar surface area (TPSA) is 64.6 Å². The SMILES string of the molecule is C=CCS(=O)(=O)NOCCOC. The van der Waals surface area contributed by atoms with Crippen molar-refractivity contribution in [2.24, 2.45) is 0 Å². The van der Waals surface area contributed by atoms with Crippen LogP contribution in [0.4, 0.5) is 0 Å². The minimum Gasteiger partial charge on any atom is -0.382 e. The van der Waals surface area contributed by atoms with Crippen molar-refractivity contribution >= 4 is 10.0 Å². The molecule has 0 aliphatic rings. The molecule has 0 aliphatic heterocycles. The first kappa shape index (κ1) is 11.6. The van der Waals surface area contributed by atoms with Crippen LogP contribution in [0.5, 0.6) is 0 Å². The average molecular weight is 195 g/mol. The second-order valence-electron chi connectivity index (χ2n) is 1.99. The first-order valence-electron chi connectivity index (χ1n) is 3.33. The molecule has 0 heterocycles. The molecule has 0 aromatic rings. The molecule has 0 saturated carbocycles. The van der Waals surface area contributed by atoms with Gasteiger partial charge in [0.15, 0.2) is 0 Å². The molecule has 0 aromatic carbocycles. The average Bonchev–Trinajstić information content (AvgIpc) is 1.98. The highest BCUT2D eigenvalue weighted by Crippen LogP contribution is 1.84. The maximum Gasteiger partial charge on any atom is 0.237 e. The molecule has 0 bridgehead atoms. The van der Waals surface area contributed by atoms with E-state index in [1.54, 1.807) is 0 Å². The van der Waals surface area contributed by atoms with E-state index in [1.165, 1.54) is 13.2 Å². The minimum atomic E-state index is -3.36. The molecule has 6 heteroatoms. The zero-order valence-electron chi connectivity index (χ0n) is 6.95. The molecule has 0 aromatic heterocycles. The zero-order valence-corrected chi connectivity index (χ0v) is 7.76. The number of methoxy groups -OCH3 is 1. The van der Waals surface area contributed by atoms with Gasteiger partial charge in [-0.15, -0.1) is 6.58 Å². The number of rotatable bonds is 7. The van der Waals surface area contributed by atoms with Crippen molar-refractivity contribution in [1.82, 2.24) is 4.89 Å². The molecular weight excluding hydrogens is 182 g/mol. The summed E-state index contributed by atoms with van der Waals surface area (Å²) in [6.45, 7) is 3.82. The van der Waals surface area contributed by atoms with Gasteiger partial charge >= 0.3 is 0 Å². The van der Waals surface area contributed by atoms with E-state index in [-0.39, 0.29) is 12.4 Å². The molecule has 0 radical (unpaired) electrons. The summed E-state index contributed by atoms with van der Waals surface area (Å²) in [5.74, 6) is -0.153. The Balaban J connectivity index is 3.55. The van der Waals surface area contributed by atoms with Crippen molar-refractivity contribution in [3.05, 3.63) is 12.7 Å². The van der Waals surface area contributed by atoms with Gasteiger partial charge in [0.25, 0.3) is 0 Å². The van der Waals surface area contributed by atoms with Gasteiger partial charge in [0, 0.05) is 7.11 Å². The van der Waals surface area contributed by atoms with E-state index < -0.39 is 10.0 Å². The van der Waals surface area contributed by atoms with E-state index in [0.717, 1.165) is 0 Å². The Labute approximate surface area is 72.4 Å². The van der Waals surface area contributed by atoms with Gasteiger partial charge in [-0.3, -0.25) is 4.84 Å². The largest absolute Gasteiger partial charge is 0.382 e. The summed E-state index contributed by atoms with van der Waals surface area (Å²) in [5.41, 5.74) is 0. The normalized spacial score (nSPS) is 11.4. The number of nitrogens with one attached hydrogen (secondary N) is 1. The monoisotopic (exact) mass is 195 g/mol. The summed E-state index contributed by atoms with van der Waals surface area (Å²) < 4.78 is 26.3. The molecule has 0 unspecified atom stereocenters. The number of hydrogen-bond donors (Lipinski definition) is 1. The molecule has 72 valence electrons. The van der Waals surface area contributed by atoms with Crippen molar-refractivity contribution < 1.29 is 18.0 Å². The lowest BCUT2D eigenvalue weighted by Crippen LogP contribution is -2.27. The van der Waals surface area contributed by atoms with Crippen molar-refractivity contribution in [3.8, 4) is 0 Å². The Kier molecular flexibility index (Phi) is 5.91. The van der Waals surface area contributed by atoms with E-state index in [1.807, 2.05) is 4.89 Å². The molecule has 0 aliphatic carbocycles. The van der Waals surface area contributed by atoms with E-state index >= 15 is 0 Å². The van der Waals surface area contributed by atoms with Crippen LogP contribution in [0, 0.1) is 0 Å². The summed E-state index contributed by atoms with van der Waals surface area (Å²) in [7, 11) is -1.86. The molecule has 1 N–H and O–H groups in total. The lowest BCUT2D eigenvalue weighted by molar-refractivity contribution is 0.0440. The molecule has 12 heavy (non-hydrogen) atoms. The molecule has 5 nitrogen and oxygen atoms in total. The van der Waals surface area contributed by atoms with E-state index in [0.29, 0.717) is 6.61 Å². The predicted molar refractivity (Wildman–Crippen MR) is 44.9 cm³/mol. The summed E-state index contributed by atoms with van der Waals surface area (Å²) in [4.78, 5) is 6.50. The fraction of sp³-hybridized carbons (Fsp3) is 0.667. The molecule has 0 atom stereocenters. The summed E-state index contributed by atoms with van der Waals surface area (Å²) in [6, 6.07) is 0. The van der Waals surface area contributed by atoms with Crippen LogP contribution >= 0.6 is 0 Å². The highest BCUT2D eigenvalue weighted by molar-refractivity contribution is 7.89. The van der Waals surface area contributed by atoms with Gasteiger partial charge < -0.3 is 4.74 Å². The van der Waals surface area contributed by atoms with Crippen LogP contribution in [0.1, 0.15) is 0 Å². The van der Waals surface area contributed by atoms with Gasteiger partial charge in [0.2, 0.25) is 10.0 Å². The summed E-state index contributed by atoms with van der Waals surface area (Å²) >= 11 is 0. The lowest BCUT2D eigenvalue weighted by atomic mass is 10.8. The minimum absolute atomic E-state index is 0.153. The lowest BCUT2D eigenvalue weighted by Gasteiger charge is -2.03. The van der Waals surface area contributed by atoms with E-state index in [4.69, 9.17) is 0 Å². The first-order chi connectivity index (χ1) is 5.62. The first-order valence-corrected chi connectivity index (χ1v) is 4.98. The maximum atomic E-state index is 10.8. The Morgan fingerprint density at radius 2 is 2.17 bits per heavy atom. The molecule has 0 rings (SSSR count). The maximum absolute atomic E-state index is 10.8. The van der Waals surface area contributed by atoms with E-state index in [2.05, 4.69) is 16.2 Å². The standard InChI is InChI=1S/C6H13NO4S/c1-3-6-12(8,9)7-11-5-4-10-2/h3,7H,1,4-6H2,2H3. The fourth-order valence-corrected chi connectivity index (χ4v) is 1.09. The summed E-state index contributed by atoms with van der Waals surface area (Å²) in [5, 5.41) is 0. The molecule has 0 fully saturated rings. The van der Waals surface area contributed by atoms with Gasteiger partial charge in [-0.25, -0.2) is 8.42 Å². The highest BCUT2D eigenvalue weighted by Gasteiger charge is 2.05. The second-order valence-corrected chi connectivity index (χ2v) is 3.72. The molecule has 0 spiro atoms. The fourth-order valence-electron chi connectivity index (χ4n) is 0.446. The van der Waals surface area contributed by atoms with Gasteiger partial charge in [-0.05, 0) is 0 Å². The Bertz CT molecular complexity index is 212. The van der Waals surface area contributed by atoms with E-state index in [9.17, 15) is 8.42 Å².